The van der Waals surface area contributed by atoms with Crippen molar-refractivity contribution in [2.45, 2.75) is 25.8 Å². The van der Waals surface area contributed by atoms with Gasteiger partial charge in [0.1, 0.15) is 11.6 Å². The van der Waals surface area contributed by atoms with Crippen LogP contribution in [-0.4, -0.2) is 23.4 Å². The Morgan fingerprint density at radius 2 is 2.19 bits per heavy atom. The summed E-state index contributed by atoms with van der Waals surface area (Å²) in [6.07, 6.45) is 3.45. The van der Waals surface area contributed by atoms with E-state index in [2.05, 4.69) is 10.4 Å². The number of hydrogen-bond donors (Lipinski definition) is 1. The van der Waals surface area contributed by atoms with E-state index in [1.165, 1.54) is 6.07 Å². The highest BCUT2D eigenvalue weighted by atomic mass is 19.1. The minimum atomic E-state index is -0.231. The van der Waals surface area contributed by atoms with Gasteiger partial charge in [0.05, 0.1) is 7.11 Å². The van der Waals surface area contributed by atoms with Crippen molar-refractivity contribution in [1.82, 2.24) is 15.1 Å². The largest absolute Gasteiger partial charge is 0.497 e. The fourth-order valence-electron chi connectivity index (χ4n) is 2.47. The molecule has 4 nitrogen and oxygen atoms in total. The molecule has 1 heterocycles. The highest BCUT2D eigenvalue weighted by Gasteiger charge is 2.16. The summed E-state index contributed by atoms with van der Waals surface area (Å²) in [5.41, 5.74) is 1.83. The van der Waals surface area contributed by atoms with Crippen molar-refractivity contribution in [3.63, 3.8) is 0 Å². The van der Waals surface area contributed by atoms with E-state index in [-0.39, 0.29) is 11.9 Å². The second kappa shape index (κ2) is 7.22. The molecule has 21 heavy (non-hydrogen) atoms. The molecule has 0 aliphatic carbocycles. The molecule has 5 heteroatoms. The number of halogens is 1. The maximum absolute atomic E-state index is 14.2. The minimum Gasteiger partial charge on any atom is -0.497 e. The highest BCUT2D eigenvalue weighted by Crippen LogP contribution is 2.25. The molecule has 0 aliphatic heterocycles. The molecule has 0 bridgehead atoms. The molecule has 0 saturated carbocycles. The molecule has 0 radical (unpaired) electrons. The van der Waals surface area contributed by atoms with Crippen LogP contribution in [0.4, 0.5) is 4.39 Å². The molecule has 0 spiro atoms. The Morgan fingerprint density at radius 1 is 1.38 bits per heavy atom. The lowest BCUT2D eigenvalue weighted by atomic mass is 10.00. The van der Waals surface area contributed by atoms with Crippen LogP contribution in [0.15, 0.2) is 30.5 Å². The maximum Gasteiger partial charge on any atom is 0.131 e. The van der Waals surface area contributed by atoms with Gasteiger partial charge in [0.15, 0.2) is 0 Å². The third kappa shape index (κ3) is 3.82. The van der Waals surface area contributed by atoms with Crippen molar-refractivity contribution in [2.75, 3.05) is 13.7 Å². The van der Waals surface area contributed by atoms with Crippen molar-refractivity contribution in [1.29, 1.82) is 0 Å². The topological polar surface area (TPSA) is 39.1 Å². The summed E-state index contributed by atoms with van der Waals surface area (Å²) in [4.78, 5) is 0. The molecule has 1 aromatic carbocycles. The first-order chi connectivity index (χ1) is 10.2. The zero-order chi connectivity index (χ0) is 15.2. The second-order valence-corrected chi connectivity index (χ2v) is 4.98. The Hall–Kier alpha value is -1.88. The fourth-order valence-corrected chi connectivity index (χ4v) is 2.47. The molecular formula is C16H22FN3O. The van der Waals surface area contributed by atoms with Crippen molar-refractivity contribution in [3.8, 4) is 5.75 Å². The van der Waals surface area contributed by atoms with Gasteiger partial charge >= 0.3 is 0 Å². The summed E-state index contributed by atoms with van der Waals surface area (Å²) < 4.78 is 21.1. The molecule has 1 unspecified atom stereocenters. The molecule has 2 rings (SSSR count). The van der Waals surface area contributed by atoms with E-state index in [1.54, 1.807) is 25.4 Å². The van der Waals surface area contributed by atoms with Crippen LogP contribution in [0.5, 0.6) is 5.75 Å². The summed E-state index contributed by atoms with van der Waals surface area (Å²) in [5.74, 6) is 0.309. The molecule has 0 amide bonds. The molecule has 114 valence electrons. The van der Waals surface area contributed by atoms with Crippen LogP contribution < -0.4 is 10.1 Å². The Bertz CT molecular complexity index is 583. The standard InChI is InChI=1S/C16H22FN3O/c1-4-18-16(8-5-12-9-10-19-20(12)2)14-7-6-13(21-3)11-15(14)17/h6-7,9-11,16,18H,4-5,8H2,1-3H3. The van der Waals surface area contributed by atoms with Crippen molar-refractivity contribution in [3.05, 3.63) is 47.5 Å². The summed E-state index contributed by atoms with van der Waals surface area (Å²) >= 11 is 0. The van der Waals surface area contributed by atoms with Crippen LogP contribution >= 0.6 is 0 Å². The average Bonchev–Trinajstić information content (AvgIpc) is 2.89. The maximum atomic E-state index is 14.2. The number of benzene rings is 1. The molecule has 1 N–H and O–H groups in total. The molecule has 0 fully saturated rings. The van der Waals surface area contributed by atoms with Gasteiger partial charge in [0, 0.05) is 36.6 Å². The van der Waals surface area contributed by atoms with E-state index in [1.807, 2.05) is 24.7 Å². The molecule has 0 aliphatic rings. The normalized spacial score (nSPS) is 12.4. The van der Waals surface area contributed by atoms with Crippen LogP contribution in [0.25, 0.3) is 0 Å². The van der Waals surface area contributed by atoms with E-state index >= 15 is 0 Å². The molecular weight excluding hydrogens is 269 g/mol. The third-order valence-electron chi connectivity index (χ3n) is 3.65. The van der Waals surface area contributed by atoms with Crippen LogP contribution in [0, 0.1) is 5.82 Å². The predicted molar refractivity (Wildman–Crippen MR) is 80.9 cm³/mol. The van der Waals surface area contributed by atoms with E-state index in [0.29, 0.717) is 11.3 Å². The number of hydrogen-bond acceptors (Lipinski definition) is 3. The lowest BCUT2D eigenvalue weighted by molar-refractivity contribution is 0.408. The number of rotatable bonds is 7. The predicted octanol–water partition coefficient (Wildman–Crippen LogP) is 2.85. The Morgan fingerprint density at radius 3 is 2.76 bits per heavy atom. The van der Waals surface area contributed by atoms with Gasteiger partial charge in [0.25, 0.3) is 0 Å². The van der Waals surface area contributed by atoms with Gasteiger partial charge in [-0.25, -0.2) is 4.39 Å². The molecule has 1 atom stereocenters. The first-order valence-electron chi connectivity index (χ1n) is 7.19. The van der Waals surface area contributed by atoms with Crippen molar-refractivity contribution in [2.24, 2.45) is 7.05 Å². The highest BCUT2D eigenvalue weighted by molar-refractivity contribution is 5.31. The van der Waals surface area contributed by atoms with E-state index in [9.17, 15) is 4.39 Å². The Balaban J connectivity index is 2.13. The quantitative estimate of drug-likeness (QED) is 0.852. The first-order valence-corrected chi connectivity index (χ1v) is 7.19. The number of aryl methyl sites for hydroxylation is 2. The van der Waals surface area contributed by atoms with Gasteiger partial charge in [-0.1, -0.05) is 13.0 Å². The van der Waals surface area contributed by atoms with Gasteiger partial charge in [-0.3, -0.25) is 4.68 Å². The summed E-state index contributed by atoms with van der Waals surface area (Å²) in [5, 5.41) is 7.51. The second-order valence-electron chi connectivity index (χ2n) is 4.98. The van der Waals surface area contributed by atoms with E-state index in [4.69, 9.17) is 4.74 Å². The van der Waals surface area contributed by atoms with Gasteiger partial charge in [-0.05, 0) is 31.5 Å². The fraction of sp³-hybridized carbons (Fsp3) is 0.438. The third-order valence-corrected chi connectivity index (χ3v) is 3.65. The van der Waals surface area contributed by atoms with Crippen LogP contribution in [0.1, 0.15) is 30.6 Å². The summed E-state index contributed by atoms with van der Waals surface area (Å²) in [7, 11) is 3.46. The number of aromatic nitrogens is 2. The Kier molecular flexibility index (Phi) is 5.33. The van der Waals surface area contributed by atoms with Gasteiger partial charge < -0.3 is 10.1 Å². The van der Waals surface area contributed by atoms with Gasteiger partial charge in [-0.15, -0.1) is 0 Å². The van der Waals surface area contributed by atoms with Gasteiger partial charge in [-0.2, -0.15) is 5.10 Å². The monoisotopic (exact) mass is 291 g/mol. The lowest BCUT2D eigenvalue weighted by Crippen LogP contribution is -2.23. The Labute approximate surface area is 124 Å². The van der Waals surface area contributed by atoms with Gasteiger partial charge in [0.2, 0.25) is 0 Å². The molecule has 2 aromatic rings. The van der Waals surface area contributed by atoms with Crippen molar-refractivity contribution >= 4 is 0 Å². The van der Waals surface area contributed by atoms with Crippen LogP contribution in [0.3, 0.4) is 0 Å². The zero-order valence-electron chi connectivity index (χ0n) is 12.8. The zero-order valence-corrected chi connectivity index (χ0v) is 12.8. The van der Waals surface area contributed by atoms with Crippen molar-refractivity contribution < 1.29 is 9.13 Å². The average molecular weight is 291 g/mol. The van der Waals surface area contributed by atoms with Crippen LogP contribution in [0.2, 0.25) is 0 Å². The number of ether oxygens (including phenoxy) is 1. The summed E-state index contributed by atoms with van der Waals surface area (Å²) in [6.45, 7) is 2.82. The van der Waals surface area contributed by atoms with E-state index in [0.717, 1.165) is 25.1 Å². The SMILES string of the molecule is CCNC(CCc1ccnn1C)c1ccc(OC)cc1F. The minimum absolute atomic E-state index is 0.0178. The molecule has 0 saturated heterocycles. The first kappa shape index (κ1) is 15.5. The van der Waals surface area contributed by atoms with E-state index < -0.39 is 0 Å². The summed E-state index contributed by atoms with van der Waals surface area (Å²) in [6, 6.07) is 7.00. The lowest BCUT2D eigenvalue weighted by Gasteiger charge is -2.19. The smallest absolute Gasteiger partial charge is 0.131 e. The number of methoxy groups -OCH3 is 1. The number of nitrogens with zero attached hydrogens (tertiary/aromatic N) is 2. The molecule has 1 aromatic heterocycles. The van der Waals surface area contributed by atoms with Crippen LogP contribution in [-0.2, 0) is 13.5 Å². The number of nitrogens with one attached hydrogen (secondary N) is 1.